The number of nitrogens with zero attached hydrogens (tertiary/aromatic N) is 2. The van der Waals surface area contributed by atoms with Crippen molar-refractivity contribution in [2.45, 2.75) is 50.0 Å². The first-order valence-corrected chi connectivity index (χ1v) is 11.1. The van der Waals surface area contributed by atoms with E-state index in [9.17, 15) is 13.2 Å². The molecule has 160 valence electrons. The Morgan fingerprint density at radius 3 is 2.18 bits per heavy atom. The number of piperidine rings is 1. The lowest BCUT2D eigenvalue weighted by Gasteiger charge is -2.36. The Labute approximate surface area is 175 Å². The van der Waals surface area contributed by atoms with Gasteiger partial charge >= 0.3 is 5.97 Å². The minimum atomic E-state index is -3.30. The lowest BCUT2D eigenvalue weighted by atomic mass is 9.87. The van der Waals surface area contributed by atoms with Gasteiger partial charge in [-0.05, 0) is 56.1 Å². The van der Waals surface area contributed by atoms with Crippen molar-refractivity contribution in [3.05, 3.63) is 29.8 Å². The quantitative estimate of drug-likeness (QED) is 0.713. The molecule has 0 amide bonds. The van der Waals surface area contributed by atoms with Crippen LogP contribution in [0.2, 0.25) is 0 Å². The molecule has 1 fully saturated rings. The first-order valence-electron chi connectivity index (χ1n) is 9.47. The van der Waals surface area contributed by atoms with Gasteiger partial charge in [0.1, 0.15) is 0 Å². The summed E-state index contributed by atoms with van der Waals surface area (Å²) in [6.07, 6.45) is 1.73. The normalized spacial score (nSPS) is 16.8. The predicted molar refractivity (Wildman–Crippen MR) is 114 cm³/mol. The molecule has 0 bridgehead atoms. The summed E-state index contributed by atoms with van der Waals surface area (Å²) in [4.78, 5) is 15.2. The molecule has 0 saturated carbocycles. The summed E-state index contributed by atoms with van der Waals surface area (Å²) >= 11 is 0. The van der Waals surface area contributed by atoms with Crippen LogP contribution in [0.4, 0.5) is 0 Å². The number of carboxylic acids is 1. The summed E-state index contributed by atoms with van der Waals surface area (Å²) in [5.41, 5.74) is 1.12. The van der Waals surface area contributed by atoms with Gasteiger partial charge in [-0.2, -0.15) is 0 Å². The van der Waals surface area contributed by atoms with Crippen molar-refractivity contribution in [3.8, 4) is 0 Å². The molecule has 6 nitrogen and oxygen atoms in total. The predicted octanol–water partition coefficient (Wildman–Crippen LogP) is 2.66. The van der Waals surface area contributed by atoms with Gasteiger partial charge in [-0.1, -0.05) is 32.9 Å². The van der Waals surface area contributed by atoms with E-state index < -0.39 is 15.8 Å². The van der Waals surface area contributed by atoms with Crippen LogP contribution >= 0.6 is 12.4 Å². The monoisotopic (exact) mass is 432 g/mol. The molecule has 0 aliphatic carbocycles. The number of benzene rings is 1. The summed E-state index contributed by atoms with van der Waals surface area (Å²) in [7, 11) is -1.46. The molecule has 2 rings (SSSR count). The molecule has 8 heteroatoms. The Kier molecular flexibility index (Phi) is 8.93. The number of likely N-dealkylation sites (N-methyl/N-ethyl adjacent to an activating group) is 1. The second-order valence-electron chi connectivity index (χ2n) is 8.47. The molecule has 28 heavy (non-hydrogen) atoms. The van der Waals surface area contributed by atoms with Crippen LogP contribution in [0.25, 0.3) is 0 Å². The third-order valence-electron chi connectivity index (χ3n) is 5.32. The minimum Gasteiger partial charge on any atom is -0.480 e. The number of hydrogen-bond donors (Lipinski definition) is 1. The average Bonchev–Trinajstić information content (AvgIpc) is 2.59. The van der Waals surface area contributed by atoms with Crippen LogP contribution in [-0.4, -0.2) is 74.3 Å². The van der Waals surface area contributed by atoms with E-state index in [1.165, 1.54) is 0 Å². The number of likely N-dealkylation sites (tertiary alicyclic amines) is 1. The fraction of sp³-hybridized carbons (Fsp3) is 0.650. The van der Waals surface area contributed by atoms with Crippen molar-refractivity contribution in [2.24, 2.45) is 0 Å². The van der Waals surface area contributed by atoms with Gasteiger partial charge < -0.3 is 10.0 Å². The van der Waals surface area contributed by atoms with Crippen molar-refractivity contribution in [1.82, 2.24) is 9.80 Å². The number of halogens is 1. The molecule has 1 saturated heterocycles. The zero-order chi connectivity index (χ0) is 20.2. The van der Waals surface area contributed by atoms with Gasteiger partial charge in [0, 0.05) is 12.6 Å². The van der Waals surface area contributed by atoms with Crippen LogP contribution in [0.3, 0.4) is 0 Å². The van der Waals surface area contributed by atoms with Gasteiger partial charge in [0.2, 0.25) is 0 Å². The van der Waals surface area contributed by atoms with Crippen molar-refractivity contribution in [3.63, 3.8) is 0 Å². The van der Waals surface area contributed by atoms with E-state index in [0.29, 0.717) is 11.4 Å². The lowest BCUT2D eigenvalue weighted by molar-refractivity contribution is -0.138. The van der Waals surface area contributed by atoms with Gasteiger partial charge in [-0.3, -0.25) is 9.69 Å². The van der Waals surface area contributed by atoms with E-state index in [-0.39, 0.29) is 36.2 Å². The molecule has 0 spiro atoms. The first-order chi connectivity index (χ1) is 12.5. The van der Waals surface area contributed by atoms with Gasteiger partial charge in [-0.25, -0.2) is 8.42 Å². The molecule has 0 radical (unpaired) electrons. The molecule has 1 aromatic rings. The zero-order valence-corrected chi connectivity index (χ0v) is 18.9. The SMILES string of the molecule is CN(CC(=O)O)C1CCN(CCS(=O)(=O)c2ccc(C(C)(C)C)cc2)CC1.Cl. The second-order valence-corrected chi connectivity index (χ2v) is 10.6. The molecule has 1 aliphatic heterocycles. The standard InChI is InChI=1S/C20H32N2O4S.ClH/c1-20(2,3)16-5-7-18(8-6-16)27(25,26)14-13-22-11-9-17(10-12-22)21(4)15-19(23)24;/h5-8,17H,9-15H2,1-4H3,(H,23,24);1H. The highest BCUT2D eigenvalue weighted by Crippen LogP contribution is 2.24. The van der Waals surface area contributed by atoms with E-state index in [2.05, 4.69) is 25.7 Å². The van der Waals surface area contributed by atoms with E-state index >= 15 is 0 Å². The van der Waals surface area contributed by atoms with Crippen LogP contribution in [-0.2, 0) is 20.0 Å². The molecule has 1 aromatic carbocycles. The Morgan fingerprint density at radius 1 is 1.18 bits per heavy atom. The smallest absolute Gasteiger partial charge is 0.317 e. The molecule has 1 heterocycles. The highest BCUT2D eigenvalue weighted by molar-refractivity contribution is 7.91. The molecule has 1 aliphatic rings. The Bertz CT molecular complexity index is 736. The summed E-state index contributed by atoms with van der Waals surface area (Å²) in [5, 5.41) is 8.89. The Balaban J connectivity index is 0.00000392. The van der Waals surface area contributed by atoms with Crippen molar-refractivity contribution in [2.75, 3.05) is 39.0 Å². The van der Waals surface area contributed by atoms with Crippen LogP contribution in [0, 0.1) is 0 Å². The lowest BCUT2D eigenvalue weighted by Crippen LogP contribution is -2.45. The second kappa shape index (κ2) is 10.1. The van der Waals surface area contributed by atoms with E-state index in [1.807, 2.05) is 24.1 Å². The molecule has 0 unspecified atom stereocenters. The van der Waals surface area contributed by atoms with E-state index in [4.69, 9.17) is 5.11 Å². The maximum absolute atomic E-state index is 12.6. The number of aliphatic carboxylic acids is 1. The molecule has 0 atom stereocenters. The Morgan fingerprint density at radius 2 is 1.71 bits per heavy atom. The highest BCUT2D eigenvalue weighted by Gasteiger charge is 2.25. The van der Waals surface area contributed by atoms with Crippen LogP contribution in [0.15, 0.2) is 29.2 Å². The Hall–Kier alpha value is -1.15. The summed E-state index contributed by atoms with van der Waals surface area (Å²) in [5.74, 6) is -0.708. The maximum atomic E-state index is 12.6. The summed E-state index contributed by atoms with van der Waals surface area (Å²) in [6.45, 7) is 8.47. The zero-order valence-electron chi connectivity index (χ0n) is 17.2. The van der Waals surface area contributed by atoms with Crippen molar-refractivity contribution >= 4 is 28.2 Å². The van der Waals surface area contributed by atoms with Gasteiger partial charge in [-0.15, -0.1) is 12.4 Å². The summed E-state index contributed by atoms with van der Waals surface area (Å²) in [6, 6.07) is 7.47. The topological polar surface area (TPSA) is 77.9 Å². The van der Waals surface area contributed by atoms with Gasteiger partial charge in [0.25, 0.3) is 0 Å². The number of sulfone groups is 1. The highest BCUT2D eigenvalue weighted by atomic mass is 35.5. The largest absolute Gasteiger partial charge is 0.480 e. The van der Waals surface area contributed by atoms with Gasteiger partial charge in [0.05, 0.1) is 17.2 Å². The molecular weight excluding hydrogens is 400 g/mol. The maximum Gasteiger partial charge on any atom is 0.317 e. The molecule has 1 N–H and O–H groups in total. The molecule has 0 aromatic heterocycles. The minimum absolute atomic E-state index is 0. The van der Waals surface area contributed by atoms with E-state index in [0.717, 1.165) is 31.5 Å². The third kappa shape index (κ3) is 7.03. The van der Waals surface area contributed by atoms with Crippen LogP contribution < -0.4 is 0 Å². The first kappa shape index (κ1) is 24.9. The number of hydrogen-bond acceptors (Lipinski definition) is 5. The average molecular weight is 433 g/mol. The van der Waals surface area contributed by atoms with Gasteiger partial charge in [0.15, 0.2) is 9.84 Å². The number of carboxylic acid groups (broad SMARTS) is 1. The van der Waals surface area contributed by atoms with Crippen LogP contribution in [0.5, 0.6) is 0 Å². The number of carbonyl (C=O) groups is 1. The summed E-state index contributed by atoms with van der Waals surface area (Å²) < 4.78 is 25.3. The van der Waals surface area contributed by atoms with Crippen LogP contribution in [0.1, 0.15) is 39.2 Å². The fourth-order valence-corrected chi connectivity index (χ4v) is 4.74. The van der Waals surface area contributed by atoms with Crippen molar-refractivity contribution < 1.29 is 18.3 Å². The van der Waals surface area contributed by atoms with E-state index in [1.54, 1.807) is 12.1 Å². The molecular formula is C20H33ClN2O4S. The fourth-order valence-electron chi connectivity index (χ4n) is 3.46. The van der Waals surface area contributed by atoms with Crippen molar-refractivity contribution in [1.29, 1.82) is 0 Å². The number of rotatable bonds is 7. The third-order valence-corrected chi connectivity index (χ3v) is 7.03.